The molecule has 0 fully saturated rings. The van der Waals surface area contributed by atoms with Gasteiger partial charge in [-0.05, 0) is 34.5 Å². The van der Waals surface area contributed by atoms with Gasteiger partial charge in [-0.25, -0.2) is 0 Å². The molecule has 0 saturated carbocycles. The summed E-state index contributed by atoms with van der Waals surface area (Å²) < 4.78 is 6.56. The number of benzene rings is 1. The van der Waals surface area contributed by atoms with Gasteiger partial charge >= 0.3 is 0 Å². The predicted molar refractivity (Wildman–Crippen MR) is 55.9 cm³/mol. The molecule has 1 heterocycles. The minimum absolute atomic E-state index is 0.125. The Labute approximate surface area is 86.2 Å². The maximum absolute atomic E-state index is 5.98. The lowest BCUT2D eigenvalue weighted by molar-refractivity contribution is 0.267. The van der Waals surface area contributed by atoms with Crippen molar-refractivity contribution >= 4 is 15.9 Å². The molecule has 0 radical (unpaired) electrons. The molecule has 3 heteroatoms. The van der Waals surface area contributed by atoms with Crippen molar-refractivity contribution in [1.82, 2.24) is 0 Å². The molecule has 0 aliphatic carbocycles. The van der Waals surface area contributed by atoms with Crippen molar-refractivity contribution in [2.24, 2.45) is 5.73 Å². The first-order valence-corrected chi connectivity index (χ1v) is 5.16. The van der Waals surface area contributed by atoms with E-state index in [1.54, 1.807) is 0 Å². The summed E-state index contributed by atoms with van der Waals surface area (Å²) in [6.07, 6.45) is 0.906. The summed E-state index contributed by atoms with van der Waals surface area (Å²) >= 11 is 3.48. The highest BCUT2D eigenvalue weighted by Crippen LogP contribution is 2.37. The van der Waals surface area contributed by atoms with Crippen LogP contribution < -0.4 is 10.5 Å². The summed E-state index contributed by atoms with van der Waals surface area (Å²) in [5.41, 5.74) is 8.32. The van der Waals surface area contributed by atoms with Gasteiger partial charge in [0, 0.05) is 18.0 Å². The summed E-state index contributed by atoms with van der Waals surface area (Å²) in [6.45, 7) is 2.78. The van der Waals surface area contributed by atoms with E-state index >= 15 is 0 Å². The third-order valence-corrected chi connectivity index (χ3v) is 2.88. The van der Waals surface area contributed by atoms with Gasteiger partial charge < -0.3 is 10.5 Å². The van der Waals surface area contributed by atoms with Crippen molar-refractivity contribution in [2.75, 3.05) is 6.61 Å². The Morgan fingerprint density at radius 3 is 3.08 bits per heavy atom. The lowest BCUT2D eigenvalue weighted by atomic mass is 10.00. The molecule has 1 atom stereocenters. The molecule has 0 amide bonds. The first-order chi connectivity index (χ1) is 6.18. The third-order valence-electron chi connectivity index (χ3n) is 2.29. The summed E-state index contributed by atoms with van der Waals surface area (Å²) in [5.74, 6) is 0.921. The summed E-state index contributed by atoms with van der Waals surface area (Å²) in [4.78, 5) is 0. The molecule has 1 aliphatic heterocycles. The zero-order valence-electron chi connectivity index (χ0n) is 7.51. The van der Waals surface area contributed by atoms with Crippen molar-refractivity contribution in [3.05, 3.63) is 27.7 Å². The van der Waals surface area contributed by atoms with E-state index in [2.05, 4.69) is 35.0 Å². The zero-order chi connectivity index (χ0) is 9.42. The van der Waals surface area contributed by atoms with Gasteiger partial charge in [-0.15, -0.1) is 0 Å². The number of ether oxygens (including phenoxy) is 1. The van der Waals surface area contributed by atoms with E-state index in [9.17, 15) is 0 Å². The Hall–Kier alpha value is -0.540. The van der Waals surface area contributed by atoms with Crippen molar-refractivity contribution in [3.63, 3.8) is 0 Å². The Kier molecular flexibility index (Phi) is 2.30. The van der Waals surface area contributed by atoms with Crippen molar-refractivity contribution in [3.8, 4) is 5.75 Å². The smallest absolute Gasteiger partial charge is 0.138 e. The molecule has 13 heavy (non-hydrogen) atoms. The topological polar surface area (TPSA) is 35.2 Å². The molecular formula is C10H12BrNO. The number of aryl methyl sites for hydroxylation is 1. The van der Waals surface area contributed by atoms with Crippen LogP contribution in [0.15, 0.2) is 16.6 Å². The maximum atomic E-state index is 5.98. The van der Waals surface area contributed by atoms with Crippen LogP contribution in [0.3, 0.4) is 0 Å². The first kappa shape index (κ1) is 9.03. The number of hydrogen-bond donors (Lipinski definition) is 1. The second-order valence-electron chi connectivity index (χ2n) is 3.41. The van der Waals surface area contributed by atoms with Crippen molar-refractivity contribution < 1.29 is 4.74 Å². The van der Waals surface area contributed by atoms with Gasteiger partial charge in [0.1, 0.15) is 5.75 Å². The van der Waals surface area contributed by atoms with Crippen LogP contribution in [0.25, 0.3) is 0 Å². The van der Waals surface area contributed by atoms with Crippen molar-refractivity contribution in [1.29, 1.82) is 0 Å². The fraction of sp³-hybridized carbons (Fsp3) is 0.400. The van der Waals surface area contributed by atoms with Gasteiger partial charge in [0.25, 0.3) is 0 Å². The molecule has 2 N–H and O–H groups in total. The molecule has 0 saturated heterocycles. The second kappa shape index (κ2) is 3.31. The number of hydrogen-bond acceptors (Lipinski definition) is 2. The van der Waals surface area contributed by atoms with Crippen molar-refractivity contribution in [2.45, 2.75) is 19.4 Å². The first-order valence-electron chi connectivity index (χ1n) is 4.37. The van der Waals surface area contributed by atoms with Gasteiger partial charge in [-0.2, -0.15) is 0 Å². The van der Waals surface area contributed by atoms with Crippen LogP contribution in [0, 0.1) is 6.92 Å². The molecule has 2 rings (SSSR count). The molecule has 1 aromatic carbocycles. The van der Waals surface area contributed by atoms with Crippen LogP contribution in [0.1, 0.15) is 23.6 Å². The minimum atomic E-state index is 0.125. The SMILES string of the molecule is Cc1cc(Br)c2c(c1)[C@@H](N)CCO2. The highest BCUT2D eigenvalue weighted by atomic mass is 79.9. The summed E-state index contributed by atoms with van der Waals surface area (Å²) in [6, 6.07) is 4.28. The predicted octanol–water partition coefficient (Wildman–Crippen LogP) is 2.54. The van der Waals surface area contributed by atoms with Crippen LogP contribution in [0.5, 0.6) is 5.75 Å². The molecule has 0 unspecified atom stereocenters. The fourth-order valence-electron chi connectivity index (χ4n) is 1.63. The molecule has 70 valence electrons. The average molecular weight is 242 g/mol. The molecule has 0 aromatic heterocycles. The van der Waals surface area contributed by atoms with Gasteiger partial charge in [0.15, 0.2) is 0 Å². The van der Waals surface area contributed by atoms with Crippen LogP contribution in [0.4, 0.5) is 0 Å². The molecule has 2 nitrogen and oxygen atoms in total. The molecule has 0 spiro atoms. The van der Waals surface area contributed by atoms with Gasteiger partial charge in [0.05, 0.1) is 11.1 Å². The van der Waals surface area contributed by atoms with Crippen LogP contribution in [-0.2, 0) is 0 Å². The standard InChI is InChI=1S/C10H12BrNO/c1-6-4-7-9(12)2-3-13-10(7)8(11)5-6/h4-5,9H,2-3,12H2,1H3/t9-/m0/s1. The fourth-order valence-corrected chi connectivity index (χ4v) is 2.33. The van der Waals surface area contributed by atoms with E-state index in [0.717, 1.165) is 28.8 Å². The largest absolute Gasteiger partial charge is 0.492 e. The van der Waals surface area contributed by atoms with E-state index in [4.69, 9.17) is 10.5 Å². The molecule has 0 bridgehead atoms. The highest BCUT2D eigenvalue weighted by Gasteiger charge is 2.20. The van der Waals surface area contributed by atoms with Gasteiger partial charge in [-0.1, -0.05) is 6.07 Å². The average Bonchev–Trinajstić information content (AvgIpc) is 2.07. The van der Waals surface area contributed by atoms with Crippen LogP contribution in [0.2, 0.25) is 0 Å². The second-order valence-corrected chi connectivity index (χ2v) is 4.26. The Bertz CT molecular complexity index is 338. The summed E-state index contributed by atoms with van der Waals surface area (Å²) in [5, 5.41) is 0. The molecule has 1 aliphatic rings. The lowest BCUT2D eigenvalue weighted by Crippen LogP contribution is -2.20. The Balaban J connectivity index is 2.56. The monoisotopic (exact) mass is 241 g/mol. The summed E-state index contributed by atoms with van der Waals surface area (Å²) in [7, 11) is 0. The normalized spacial score (nSPS) is 20.7. The van der Waals surface area contributed by atoms with Gasteiger partial charge in [-0.3, -0.25) is 0 Å². The molecular weight excluding hydrogens is 230 g/mol. The zero-order valence-corrected chi connectivity index (χ0v) is 9.10. The number of fused-ring (bicyclic) bond motifs is 1. The highest BCUT2D eigenvalue weighted by molar-refractivity contribution is 9.10. The van der Waals surface area contributed by atoms with E-state index in [1.807, 2.05) is 0 Å². The Morgan fingerprint density at radius 1 is 1.54 bits per heavy atom. The number of rotatable bonds is 0. The number of halogens is 1. The van der Waals surface area contributed by atoms with E-state index in [-0.39, 0.29) is 6.04 Å². The van der Waals surface area contributed by atoms with E-state index in [1.165, 1.54) is 5.56 Å². The third kappa shape index (κ3) is 1.58. The van der Waals surface area contributed by atoms with Gasteiger partial charge in [0.2, 0.25) is 0 Å². The number of nitrogens with two attached hydrogens (primary N) is 1. The quantitative estimate of drug-likeness (QED) is 0.758. The molecule has 1 aromatic rings. The maximum Gasteiger partial charge on any atom is 0.138 e. The van der Waals surface area contributed by atoms with E-state index in [0.29, 0.717) is 0 Å². The Morgan fingerprint density at radius 2 is 2.31 bits per heavy atom. The van der Waals surface area contributed by atoms with Crippen LogP contribution in [-0.4, -0.2) is 6.61 Å². The minimum Gasteiger partial charge on any atom is -0.492 e. The lowest BCUT2D eigenvalue weighted by Gasteiger charge is -2.24. The van der Waals surface area contributed by atoms with Crippen LogP contribution >= 0.6 is 15.9 Å². The van der Waals surface area contributed by atoms with E-state index < -0.39 is 0 Å².